The Kier molecular flexibility index (Phi) is 4.84. The predicted molar refractivity (Wildman–Crippen MR) is 63.7 cm³/mol. The lowest BCUT2D eigenvalue weighted by Gasteiger charge is -2.35. The van der Waals surface area contributed by atoms with E-state index in [0.29, 0.717) is 0 Å². The van der Waals surface area contributed by atoms with E-state index in [9.17, 15) is 18.3 Å². The second kappa shape index (κ2) is 5.53. The summed E-state index contributed by atoms with van der Waals surface area (Å²) < 4.78 is 44.0. The Hall–Kier alpha value is -0.410. The van der Waals surface area contributed by atoms with Crippen molar-refractivity contribution in [2.24, 2.45) is 11.7 Å². The number of alkyl halides is 3. The van der Waals surface area contributed by atoms with Crippen LogP contribution in [0.3, 0.4) is 0 Å². The van der Waals surface area contributed by atoms with E-state index in [2.05, 4.69) is 5.43 Å². The molecule has 1 fully saturated rings. The molecule has 114 valence electrons. The Morgan fingerprint density at radius 3 is 2.26 bits per heavy atom. The molecule has 0 spiro atoms. The zero-order chi connectivity index (χ0) is 15.0. The number of halogens is 3. The number of hydrogen-bond acceptors (Lipinski definition) is 5. The average Bonchev–Trinajstić information content (AvgIpc) is 2.55. The van der Waals surface area contributed by atoms with Gasteiger partial charge in [-0.3, -0.25) is 0 Å². The maximum absolute atomic E-state index is 13.0. The standard InChI is InChI=1S/C11H22F3N3O2/c1-5-19-9(18)6-7(11(12,13)14)16-17(8(6)15)10(2,3)4/h6-9,16,18H,5,15H2,1-4H3. The normalized spacial score (nSPS) is 31.7. The van der Waals surface area contributed by atoms with Crippen molar-refractivity contribution in [3.05, 3.63) is 0 Å². The van der Waals surface area contributed by atoms with Gasteiger partial charge >= 0.3 is 6.18 Å². The van der Waals surface area contributed by atoms with Gasteiger partial charge in [0.15, 0.2) is 6.29 Å². The molecule has 8 heteroatoms. The van der Waals surface area contributed by atoms with E-state index in [0.717, 1.165) is 0 Å². The first-order chi connectivity index (χ1) is 8.50. The van der Waals surface area contributed by atoms with E-state index in [-0.39, 0.29) is 6.61 Å². The number of aliphatic hydroxyl groups excluding tert-OH is 1. The van der Waals surface area contributed by atoms with Gasteiger partial charge in [-0.15, -0.1) is 0 Å². The molecular weight excluding hydrogens is 263 g/mol. The van der Waals surface area contributed by atoms with E-state index >= 15 is 0 Å². The number of hydrogen-bond donors (Lipinski definition) is 3. The molecule has 4 unspecified atom stereocenters. The van der Waals surface area contributed by atoms with Crippen molar-refractivity contribution < 1.29 is 23.0 Å². The van der Waals surface area contributed by atoms with Gasteiger partial charge in [-0.1, -0.05) is 0 Å². The van der Waals surface area contributed by atoms with Crippen LogP contribution in [0.15, 0.2) is 0 Å². The molecule has 0 saturated carbocycles. The molecule has 4 atom stereocenters. The zero-order valence-electron chi connectivity index (χ0n) is 11.5. The molecule has 19 heavy (non-hydrogen) atoms. The third-order valence-corrected chi connectivity index (χ3v) is 3.10. The second-order valence-corrected chi connectivity index (χ2v) is 5.60. The number of ether oxygens (including phenoxy) is 1. The van der Waals surface area contributed by atoms with Crippen LogP contribution in [-0.2, 0) is 4.74 Å². The van der Waals surface area contributed by atoms with Crippen molar-refractivity contribution in [1.29, 1.82) is 0 Å². The highest BCUT2D eigenvalue weighted by Gasteiger charge is 2.57. The minimum absolute atomic E-state index is 0.116. The van der Waals surface area contributed by atoms with Crippen molar-refractivity contribution >= 4 is 0 Å². The Labute approximate surface area is 110 Å². The fraction of sp³-hybridized carbons (Fsp3) is 1.00. The van der Waals surface area contributed by atoms with Crippen molar-refractivity contribution in [1.82, 2.24) is 10.4 Å². The van der Waals surface area contributed by atoms with Crippen LogP contribution in [0.2, 0.25) is 0 Å². The Balaban J connectivity index is 3.02. The molecule has 5 nitrogen and oxygen atoms in total. The van der Waals surface area contributed by atoms with Crippen LogP contribution < -0.4 is 11.2 Å². The van der Waals surface area contributed by atoms with Crippen LogP contribution in [0, 0.1) is 5.92 Å². The second-order valence-electron chi connectivity index (χ2n) is 5.60. The summed E-state index contributed by atoms with van der Waals surface area (Å²) in [7, 11) is 0. The summed E-state index contributed by atoms with van der Waals surface area (Å²) in [5, 5.41) is 11.1. The predicted octanol–water partition coefficient (Wildman–Crippen LogP) is 0.792. The van der Waals surface area contributed by atoms with Gasteiger partial charge in [0, 0.05) is 12.1 Å². The van der Waals surface area contributed by atoms with E-state index < -0.39 is 36.1 Å². The average molecular weight is 285 g/mol. The molecule has 1 aliphatic heterocycles. The van der Waals surface area contributed by atoms with Gasteiger partial charge in [-0.2, -0.15) is 13.2 Å². The Bertz CT molecular complexity index is 307. The summed E-state index contributed by atoms with van der Waals surface area (Å²) in [6.45, 7) is 6.93. The molecule has 0 radical (unpaired) electrons. The van der Waals surface area contributed by atoms with Gasteiger partial charge in [-0.05, 0) is 27.7 Å². The Morgan fingerprint density at radius 2 is 1.89 bits per heavy atom. The zero-order valence-corrected chi connectivity index (χ0v) is 11.5. The van der Waals surface area contributed by atoms with E-state index in [1.54, 1.807) is 27.7 Å². The SMILES string of the molecule is CCOC(O)C1C(N)N(C(C)(C)C)NC1C(F)(F)F. The number of hydrazine groups is 1. The molecule has 0 aromatic rings. The van der Waals surface area contributed by atoms with E-state index in [1.165, 1.54) is 5.01 Å². The lowest BCUT2D eigenvalue weighted by Crippen LogP contribution is -2.55. The minimum Gasteiger partial charge on any atom is -0.368 e. The number of nitrogens with one attached hydrogen (secondary N) is 1. The molecule has 0 bridgehead atoms. The first-order valence-electron chi connectivity index (χ1n) is 6.17. The fourth-order valence-corrected chi connectivity index (χ4v) is 2.24. The number of aliphatic hydroxyl groups is 1. The molecule has 1 aliphatic rings. The van der Waals surface area contributed by atoms with Crippen molar-refractivity contribution in [3.8, 4) is 0 Å². The molecule has 4 N–H and O–H groups in total. The molecule has 0 aromatic heterocycles. The first-order valence-corrected chi connectivity index (χ1v) is 6.17. The minimum atomic E-state index is -4.51. The van der Waals surface area contributed by atoms with Crippen LogP contribution in [0.25, 0.3) is 0 Å². The lowest BCUT2D eigenvalue weighted by atomic mass is 9.96. The number of nitrogens with two attached hydrogens (primary N) is 1. The highest BCUT2D eigenvalue weighted by molar-refractivity contribution is 4.98. The van der Waals surface area contributed by atoms with E-state index in [4.69, 9.17) is 10.5 Å². The third-order valence-electron chi connectivity index (χ3n) is 3.10. The molecule has 1 rings (SSSR count). The largest absolute Gasteiger partial charge is 0.405 e. The van der Waals surface area contributed by atoms with Crippen LogP contribution in [0.5, 0.6) is 0 Å². The molecule has 0 aromatic carbocycles. The summed E-state index contributed by atoms with van der Waals surface area (Å²) in [6, 6.07) is -1.93. The number of rotatable bonds is 3. The van der Waals surface area contributed by atoms with Gasteiger partial charge < -0.3 is 15.6 Å². The third kappa shape index (κ3) is 3.57. The quantitative estimate of drug-likeness (QED) is 0.669. The van der Waals surface area contributed by atoms with Crippen molar-refractivity contribution in [2.45, 2.75) is 57.9 Å². The Morgan fingerprint density at radius 1 is 1.37 bits per heavy atom. The van der Waals surface area contributed by atoms with Crippen LogP contribution in [-0.4, -0.2) is 46.9 Å². The maximum atomic E-state index is 13.0. The van der Waals surface area contributed by atoms with E-state index in [1.807, 2.05) is 0 Å². The summed E-state index contributed by atoms with van der Waals surface area (Å²) in [5.41, 5.74) is 7.60. The number of nitrogens with zero attached hydrogens (tertiary/aromatic N) is 1. The van der Waals surface area contributed by atoms with Gasteiger partial charge in [0.1, 0.15) is 6.04 Å². The fourth-order valence-electron chi connectivity index (χ4n) is 2.24. The molecular formula is C11H22F3N3O2. The van der Waals surface area contributed by atoms with Gasteiger partial charge in [-0.25, -0.2) is 10.4 Å². The highest BCUT2D eigenvalue weighted by atomic mass is 19.4. The van der Waals surface area contributed by atoms with Crippen LogP contribution in [0.4, 0.5) is 13.2 Å². The highest BCUT2D eigenvalue weighted by Crippen LogP contribution is 2.36. The lowest BCUT2D eigenvalue weighted by molar-refractivity contribution is -0.200. The summed E-state index contributed by atoms with van der Waals surface area (Å²) in [6.07, 6.45) is -7.07. The molecule has 0 amide bonds. The van der Waals surface area contributed by atoms with Crippen LogP contribution in [0.1, 0.15) is 27.7 Å². The summed E-state index contributed by atoms with van der Waals surface area (Å²) >= 11 is 0. The molecule has 1 saturated heterocycles. The van der Waals surface area contributed by atoms with Gasteiger partial charge in [0.25, 0.3) is 0 Å². The summed E-state index contributed by atoms with van der Waals surface area (Å²) in [4.78, 5) is 0. The van der Waals surface area contributed by atoms with Gasteiger partial charge in [0.2, 0.25) is 0 Å². The van der Waals surface area contributed by atoms with Crippen molar-refractivity contribution in [2.75, 3.05) is 6.61 Å². The van der Waals surface area contributed by atoms with Gasteiger partial charge in [0.05, 0.1) is 12.1 Å². The smallest absolute Gasteiger partial charge is 0.368 e. The molecule has 1 heterocycles. The van der Waals surface area contributed by atoms with Crippen molar-refractivity contribution in [3.63, 3.8) is 0 Å². The van der Waals surface area contributed by atoms with Crippen LogP contribution >= 0.6 is 0 Å². The first kappa shape index (κ1) is 16.6. The summed E-state index contributed by atoms with van der Waals surface area (Å²) in [5.74, 6) is -1.28. The molecule has 0 aliphatic carbocycles. The topological polar surface area (TPSA) is 70.8 Å². The monoisotopic (exact) mass is 285 g/mol. The maximum Gasteiger partial charge on any atom is 0.405 e.